The molecule has 2 heterocycles. The van der Waals surface area contributed by atoms with E-state index in [2.05, 4.69) is 24.9 Å². The highest BCUT2D eigenvalue weighted by atomic mass is 35.5. The summed E-state index contributed by atoms with van der Waals surface area (Å²) < 4.78 is 5.55. The molecule has 0 saturated carbocycles. The van der Waals surface area contributed by atoms with Gasteiger partial charge in [-0.15, -0.1) is 36.6 Å². The first-order chi connectivity index (χ1) is 12.2. The van der Waals surface area contributed by atoms with Gasteiger partial charge in [0.1, 0.15) is 29.9 Å². The van der Waals surface area contributed by atoms with Gasteiger partial charge in [0.2, 0.25) is 5.91 Å². The molecule has 2 aliphatic heterocycles. The lowest BCUT2D eigenvalue weighted by Crippen LogP contribution is -2.64. The maximum Gasteiger partial charge on any atom is 0.237 e. The van der Waals surface area contributed by atoms with Crippen LogP contribution in [0.5, 0.6) is 0 Å². The zero-order valence-corrected chi connectivity index (χ0v) is 18.8. The van der Waals surface area contributed by atoms with Gasteiger partial charge in [-0.3, -0.25) is 9.69 Å². The normalized spacial score (nSPS) is 38.1. The minimum Gasteiger partial charge on any atom is -0.412 e. The van der Waals surface area contributed by atoms with Gasteiger partial charge in [0, 0.05) is 6.54 Å². The number of hydrogen-bond donors (Lipinski definition) is 5. The van der Waals surface area contributed by atoms with Gasteiger partial charge in [0.05, 0.1) is 17.5 Å². The maximum atomic E-state index is 12.8. The van der Waals surface area contributed by atoms with Crippen molar-refractivity contribution in [3.05, 3.63) is 0 Å². The molecule has 0 aromatic rings. The van der Waals surface area contributed by atoms with Gasteiger partial charge in [-0.1, -0.05) is 13.3 Å². The molecule has 0 aliphatic carbocycles. The number of hydrogen-bond acceptors (Lipinski definition) is 7. The third-order valence-corrected chi connectivity index (χ3v) is 6.12. The number of carbonyl (C=O) groups is 1. The molecule has 0 aromatic heterocycles. The van der Waals surface area contributed by atoms with Crippen LogP contribution < -0.4 is 5.32 Å². The summed E-state index contributed by atoms with van der Waals surface area (Å²) in [6, 6.07) is -0.984. The number of ether oxygens (including phenoxy) is 1. The Bertz CT molecular complexity index is 493. The molecular formula is C17H34Cl2N2O6S. The lowest BCUT2D eigenvalue weighted by atomic mass is 9.92. The quantitative estimate of drug-likeness (QED) is 0.267. The number of aliphatic hydroxyl groups excluding tert-OH is 3. The Morgan fingerprint density at radius 1 is 1.32 bits per heavy atom. The summed E-state index contributed by atoms with van der Waals surface area (Å²) in [5, 5.41) is 32.4. The summed E-state index contributed by atoms with van der Waals surface area (Å²) in [5.74, 6) is 0.318. The molecule has 2 aliphatic rings. The number of aliphatic hydroxyl groups is 3. The lowest BCUT2D eigenvalue weighted by Gasteiger charge is -2.43. The predicted octanol–water partition coefficient (Wildman–Crippen LogP) is -0.447. The molecule has 2 fully saturated rings. The second kappa shape index (κ2) is 12.1. The highest BCUT2D eigenvalue weighted by molar-refractivity contribution is 7.80. The van der Waals surface area contributed by atoms with Crippen molar-refractivity contribution < 1.29 is 30.3 Å². The van der Waals surface area contributed by atoms with Gasteiger partial charge in [0.15, 0.2) is 0 Å². The highest BCUT2D eigenvalue weighted by Crippen LogP contribution is 2.29. The Morgan fingerprint density at radius 3 is 2.46 bits per heavy atom. The molecule has 9 atom stereocenters. The van der Waals surface area contributed by atoms with Crippen molar-refractivity contribution in [2.24, 2.45) is 5.92 Å². The second-order valence-corrected chi connectivity index (χ2v) is 8.72. The fraction of sp³-hybridized carbons (Fsp3) is 0.941. The molecule has 11 heteroatoms. The Kier molecular flexibility index (Phi) is 12.2. The molecule has 28 heavy (non-hydrogen) atoms. The number of rotatable bonds is 6. The second-order valence-electron chi connectivity index (χ2n) is 7.52. The number of carbonyl (C=O) groups excluding carboxylic acids is 1. The summed E-state index contributed by atoms with van der Waals surface area (Å²) in [6.07, 6.45) is -2.14. The molecule has 168 valence electrons. The number of nitrogens with one attached hydrogen (secondary N) is 1. The van der Waals surface area contributed by atoms with Crippen LogP contribution in [0.25, 0.3) is 0 Å². The van der Waals surface area contributed by atoms with Crippen molar-refractivity contribution in [1.29, 1.82) is 0 Å². The summed E-state index contributed by atoms with van der Waals surface area (Å²) in [7, 11) is 1.93. The topological polar surface area (TPSA) is 134 Å². The fourth-order valence-corrected chi connectivity index (χ4v) is 4.46. The van der Waals surface area contributed by atoms with Crippen molar-refractivity contribution in [2.45, 2.75) is 80.4 Å². The Labute approximate surface area is 183 Å². The Balaban J connectivity index is 0.00000364. The number of halogens is 2. The van der Waals surface area contributed by atoms with Crippen LogP contribution in [0, 0.1) is 5.92 Å². The van der Waals surface area contributed by atoms with Crippen molar-refractivity contribution in [3.63, 3.8) is 0 Å². The van der Waals surface area contributed by atoms with Gasteiger partial charge in [-0.2, -0.15) is 0 Å². The summed E-state index contributed by atoms with van der Waals surface area (Å²) >= 11 is 10.3. The van der Waals surface area contributed by atoms with E-state index in [1.165, 1.54) is 0 Å². The first kappa shape index (κ1) is 28.2. The highest BCUT2D eigenvalue weighted by Gasteiger charge is 2.47. The van der Waals surface area contributed by atoms with E-state index in [9.17, 15) is 20.1 Å². The fourth-order valence-electron chi connectivity index (χ4n) is 3.93. The molecule has 0 spiro atoms. The number of thiol groups is 1. The SMILES string of the molecule is CCCC1CC(C(=O)N[C@@H]([C@H]2O[C@H](S)[C@H](O)[C@@H](O)[C@H]2O)[C@H](C)Cl)N(C)C1.Cl.O. The molecule has 6 N–H and O–H groups in total. The van der Waals surface area contributed by atoms with Crippen molar-refractivity contribution in [3.8, 4) is 0 Å². The van der Waals surface area contributed by atoms with Crippen molar-refractivity contribution >= 4 is 42.5 Å². The minimum atomic E-state index is -1.42. The average molecular weight is 465 g/mol. The zero-order valence-electron chi connectivity index (χ0n) is 16.4. The number of nitrogens with zero attached hydrogens (tertiary/aromatic N) is 1. The van der Waals surface area contributed by atoms with Crippen LogP contribution in [0.1, 0.15) is 33.1 Å². The first-order valence-electron chi connectivity index (χ1n) is 9.19. The van der Waals surface area contributed by atoms with E-state index in [-0.39, 0.29) is 29.8 Å². The summed E-state index contributed by atoms with van der Waals surface area (Å²) in [5.41, 5.74) is -0.976. The van der Waals surface area contributed by atoms with E-state index in [0.717, 1.165) is 25.8 Å². The molecular weight excluding hydrogens is 431 g/mol. The number of amides is 1. The van der Waals surface area contributed by atoms with Crippen LogP contribution in [0.2, 0.25) is 0 Å². The third kappa shape index (κ3) is 6.33. The van der Waals surface area contributed by atoms with Gasteiger partial charge < -0.3 is 30.8 Å². The van der Waals surface area contributed by atoms with Crippen LogP contribution in [-0.2, 0) is 9.53 Å². The molecule has 0 bridgehead atoms. The number of alkyl halides is 1. The van der Waals surface area contributed by atoms with Gasteiger partial charge in [-0.25, -0.2) is 0 Å². The summed E-state index contributed by atoms with van der Waals surface area (Å²) in [4.78, 5) is 14.8. The van der Waals surface area contributed by atoms with Crippen LogP contribution in [0.3, 0.4) is 0 Å². The first-order valence-corrected chi connectivity index (χ1v) is 10.1. The molecule has 8 nitrogen and oxygen atoms in total. The Hall–Kier alpha value is 0.160. The Morgan fingerprint density at radius 2 is 1.93 bits per heavy atom. The molecule has 2 saturated heterocycles. The van der Waals surface area contributed by atoms with Crippen molar-refractivity contribution in [1.82, 2.24) is 10.2 Å². The zero-order chi connectivity index (χ0) is 19.6. The van der Waals surface area contributed by atoms with Gasteiger partial charge in [-0.05, 0) is 32.7 Å². The third-order valence-electron chi connectivity index (χ3n) is 5.42. The average Bonchev–Trinajstić information content (AvgIpc) is 2.95. The van der Waals surface area contributed by atoms with Gasteiger partial charge in [0.25, 0.3) is 0 Å². The molecule has 0 aromatic carbocycles. The molecule has 1 amide bonds. The smallest absolute Gasteiger partial charge is 0.237 e. The van der Waals surface area contributed by atoms with E-state index >= 15 is 0 Å². The van der Waals surface area contributed by atoms with Crippen LogP contribution in [-0.4, -0.2) is 92.5 Å². The molecule has 0 radical (unpaired) electrons. The minimum absolute atomic E-state index is 0. The standard InChI is InChI=1S/C17H31ClN2O5S.ClH.H2O/c1-4-5-9-6-10(20(3)7-9)16(24)19-11(8(2)18)15-13(22)12(21)14(23)17(26)25-15;;/h8-15,17,21-23,26H,4-7H2,1-3H3,(H,19,24);1H;1H2/t8-,9?,10?,11+,12-,13+,14+,15+,17+;;/m0../s1. The molecule has 2 rings (SSSR count). The largest absolute Gasteiger partial charge is 0.412 e. The van der Waals surface area contributed by atoms with E-state index in [0.29, 0.717) is 5.92 Å². The van der Waals surface area contributed by atoms with Crippen LogP contribution in [0.4, 0.5) is 0 Å². The molecule has 2 unspecified atom stereocenters. The van der Waals surface area contributed by atoms with E-state index in [1.54, 1.807) is 6.92 Å². The van der Waals surface area contributed by atoms with Gasteiger partial charge >= 0.3 is 0 Å². The van der Waals surface area contributed by atoms with E-state index < -0.39 is 41.3 Å². The number of likely N-dealkylation sites (tertiary alicyclic amines) is 1. The van der Waals surface area contributed by atoms with Crippen LogP contribution in [0.15, 0.2) is 0 Å². The van der Waals surface area contributed by atoms with E-state index in [1.807, 2.05) is 11.9 Å². The lowest BCUT2D eigenvalue weighted by molar-refractivity contribution is -0.204. The van der Waals surface area contributed by atoms with Crippen LogP contribution >= 0.6 is 36.6 Å². The van der Waals surface area contributed by atoms with E-state index in [4.69, 9.17) is 16.3 Å². The summed E-state index contributed by atoms with van der Waals surface area (Å²) in [6.45, 7) is 4.69. The predicted molar refractivity (Wildman–Crippen MR) is 113 cm³/mol. The number of likely N-dealkylation sites (N-methyl/N-ethyl adjacent to an activating group) is 1. The monoisotopic (exact) mass is 464 g/mol. The maximum absolute atomic E-state index is 12.8. The van der Waals surface area contributed by atoms with Crippen molar-refractivity contribution in [2.75, 3.05) is 13.6 Å².